The van der Waals surface area contributed by atoms with E-state index in [0.29, 0.717) is 0 Å². The highest BCUT2D eigenvalue weighted by atomic mass is 28.3. The van der Waals surface area contributed by atoms with Crippen molar-refractivity contribution in [3.8, 4) is 0 Å². The molecule has 0 aliphatic carbocycles. The van der Waals surface area contributed by atoms with Gasteiger partial charge in [0.2, 0.25) is 0 Å². The Bertz CT molecular complexity index is 1160. The molecule has 3 aromatic carbocycles. The first kappa shape index (κ1) is 30.6. The molecule has 0 heterocycles. The molecule has 8 heteroatoms. The predicted molar refractivity (Wildman–Crippen MR) is 159 cm³/mol. The summed E-state index contributed by atoms with van der Waals surface area (Å²) in [5.74, 6) is -0.739. The maximum atomic E-state index is 13.7. The molecule has 0 spiro atoms. The maximum Gasteiger partial charge on any atom is 0.420 e. The van der Waals surface area contributed by atoms with Crippen LogP contribution >= 0.6 is 0 Å². The zero-order valence-electron chi connectivity index (χ0n) is 24.3. The van der Waals surface area contributed by atoms with E-state index in [1.54, 1.807) is 41.5 Å². The summed E-state index contributed by atoms with van der Waals surface area (Å²) in [5, 5.41) is 3.03. The molecule has 0 fully saturated rings. The Hall–Kier alpha value is -3.91. The van der Waals surface area contributed by atoms with E-state index in [1.165, 1.54) is 7.11 Å². The predicted octanol–water partition coefficient (Wildman–Crippen LogP) is 4.87. The van der Waals surface area contributed by atoms with Crippen LogP contribution < -0.4 is 15.6 Å². The Morgan fingerprint density at radius 2 is 0.975 bits per heavy atom. The van der Waals surface area contributed by atoms with Gasteiger partial charge in [-0.2, -0.15) is 4.90 Å². The molecule has 40 heavy (non-hydrogen) atoms. The molecule has 0 saturated carbocycles. The highest BCUT2D eigenvalue weighted by molar-refractivity contribution is 7.11. The fourth-order valence-corrected chi connectivity index (χ4v) is 9.60. The van der Waals surface area contributed by atoms with Crippen LogP contribution in [-0.4, -0.2) is 55.5 Å². The number of hydrogen-bond acceptors (Lipinski definition) is 6. The standard InChI is InChI=1S/C32H39NO6Si/c1-31(2,3)38-29(35)33(30(36)39-32(4,5)6)27(28(34)37-7)23-40(24-17-11-8-12-18-24,25-19-13-9-14-20-25)26-21-15-10-16-22-26/h8-22,27H,23H2,1-7H3. The summed E-state index contributed by atoms with van der Waals surface area (Å²) >= 11 is 0. The van der Waals surface area contributed by atoms with E-state index in [2.05, 4.69) is 0 Å². The van der Waals surface area contributed by atoms with Crippen molar-refractivity contribution < 1.29 is 28.6 Å². The second kappa shape index (κ2) is 12.5. The van der Waals surface area contributed by atoms with Gasteiger partial charge >= 0.3 is 18.2 Å². The van der Waals surface area contributed by atoms with Crippen molar-refractivity contribution in [2.75, 3.05) is 7.11 Å². The molecular formula is C32H39NO6Si. The molecule has 1 unspecified atom stereocenters. The van der Waals surface area contributed by atoms with Crippen LogP contribution in [0.2, 0.25) is 6.04 Å². The van der Waals surface area contributed by atoms with Gasteiger partial charge in [-0.25, -0.2) is 14.4 Å². The lowest BCUT2D eigenvalue weighted by molar-refractivity contribution is -0.146. The van der Waals surface area contributed by atoms with E-state index in [4.69, 9.17) is 14.2 Å². The Morgan fingerprint density at radius 3 is 1.25 bits per heavy atom. The van der Waals surface area contributed by atoms with Gasteiger partial charge in [0.1, 0.15) is 17.2 Å². The zero-order valence-corrected chi connectivity index (χ0v) is 25.3. The summed E-state index contributed by atoms with van der Waals surface area (Å²) in [6, 6.07) is 28.5. The number of rotatable bonds is 7. The Labute approximate surface area is 238 Å². The quantitative estimate of drug-likeness (QED) is 0.177. The number of amides is 2. The van der Waals surface area contributed by atoms with Crippen LogP contribution in [0.3, 0.4) is 0 Å². The van der Waals surface area contributed by atoms with Crippen molar-refractivity contribution in [3.05, 3.63) is 91.0 Å². The normalized spacial score (nSPS) is 12.7. The lowest BCUT2D eigenvalue weighted by Crippen LogP contribution is -2.70. The SMILES string of the molecule is COC(=O)C(C[Si](c1ccccc1)(c1ccccc1)c1ccccc1)N(C(=O)OC(C)(C)C)C(=O)OC(C)(C)C. The van der Waals surface area contributed by atoms with Crippen molar-refractivity contribution in [1.82, 2.24) is 4.90 Å². The van der Waals surface area contributed by atoms with Gasteiger partial charge in [0.15, 0.2) is 8.07 Å². The monoisotopic (exact) mass is 561 g/mol. The molecule has 0 aliphatic heterocycles. The highest BCUT2D eigenvalue weighted by Crippen LogP contribution is 2.24. The fraction of sp³-hybridized carbons (Fsp3) is 0.344. The molecule has 0 bridgehead atoms. The highest BCUT2D eigenvalue weighted by Gasteiger charge is 2.49. The Morgan fingerprint density at radius 1 is 0.650 bits per heavy atom. The van der Waals surface area contributed by atoms with Gasteiger partial charge < -0.3 is 14.2 Å². The summed E-state index contributed by atoms with van der Waals surface area (Å²) in [6.07, 6.45) is -1.96. The number of nitrogens with zero attached hydrogens (tertiary/aromatic N) is 1. The summed E-state index contributed by atoms with van der Waals surface area (Å²) < 4.78 is 16.5. The lowest BCUT2D eigenvalue weighted by Gasteiger charge is -2.39. The maximum absolute atomic E-state index is 13.7. The van der Waals surface area contributed by atoms with Gasteiger partial charge in [-0.15, -0.1) is 0 Å². The van der Waals surface area contributed by atoms with Crippen molar-refractivity contribution in [3.63, 3.8) is 0 Å². The van der Waals surface area contributed by atoms with Crippen LogP contribution in [0.4, 0.5) is 9.59 Å². The van der Waals surface area contributed by atoms with E-state index in [9.17, 15) is 14.4 Å². The van der Waals surface area contributed by atoms with Crippen molar-refractivity contribution in [1.29, 1.82) is 0 Å². The molecule has 0 radical (unpaired) electrons. The Balaban J connectivity index is 2.32. The van der Waals surface area contributed by atoms with Crippen LogP contribution in [0.25, 0.3) is 0 Å². The molecule has 3 rings (SSSR count). The first-order valence-corrected chi connectivity index (χ1v) is 15.5. The largest absolute Gasteiger partial charge is 0.467 e. The number of hydrogen-bond donors (Lipinski definition) is 0. The van der Waals surface area contributed by atoms with Crippen molar-refractivity contribution in [2.24, 2.45) is 0 Å². The minimum Gasteiger partial charge on any atom is -0.467 e. The third kappa shape index (κ3) is 7.38. The van der Waals surface area contributed by atoms with Gasteiger partial charge in [0.05, 0.1) is 7.11 Å². The second-order valence-corrected chi connectivity index (χ2v) is 15.5. The number of esters is 1. The fourth-order valence-electron chi connectivity index (χ4n) is 4.68. The van der Waals surface area contributed by atoms with E-state index in [0.717, 1.165) is 20.5 Å². The smallest absolute Gasteiger partial charge is 0.420 e. The van der Waals surface area contributed by atoms with Crippen molar-refractivity contribution in [2.45, 2.75) is 64.8 Å². The lowest BCUT2D eigenvalue weighted by atomic mass is 10.2. The van der Waals surface area contributed by atoms with Gasteiger partial charge in [-0.05, 0) is 63.1 Å². The van der Waals surface area contributed by atoms with E-state index >= 15 is 0 Å². The van der Waals surface area contributed by atoms with Crippen LogP contribution in [-0.2, 0) is 19.0 Å². The van der Waals surface area contributed by atoms with E-state index in [1.807, 2.05) is 91.0 Å². The molecule has 0 aromatic heterocycles. The molecule has 212 valence electrons. The number of imide groups is 1. The van der Waals surface area contributed by atoms with Crippen LogP contribution in [0.1, 0.15) is 41.5 Å². The number of carbonyl (C=O) groups excluding carboxylic acids is 3. The summed E-state index contributed by atoms with van der Waals surface area (Å²) in [6.45, 7) is 10.2. The van der Waals surface area contributed by atoms with Crippen LogP contribution in [0, 0.1) is 0 Å². The molecule has 3 aromatic rings. The molecule has 1 atom stereocenters. The Kier molecular flexibility index (Phi) is 9.58. The van der Waals surface area contributed by atoms with Crippen LogP contribution in [0.5, 0.6) is 0 Å². The summed E-state index contributed by atoms with van der Waals surface area (Å²) in [4.78, 5) is 41.7. The van der Waals surface area contributed by atoms with E-state index < -0.39 is 43.5 Å². The van der Waals surface area contributed by atoms with Crippen molar-refractivity contribution >= 4 is 41.8 Å². The average Bonchev–Trinajstić information content (AvgIpc) is 2.90. The third-order valence-electron chi connectivity index (χ3n) is 6.26. The molecule has 0 N–H and O–H groups in total. The van der Waals surface area contributed by atoms with Gasteiger partial charge in [0.25, 0.3) is 0 Å². The first-order chi connectivity index (χ1) is 18.8. The second-order valence-electron chi connectivity index (χ2n) is 11.6. The minimum atomic E-state index is -3.10. The average molecular weight is 562 g/mol. The molecule has 7 nitrogen and oxygen atoms in total. The van der Waals surface area contributed by atoms with Gasteiger partial charge in [-0.3, -0.25) is 0 Å². The summed E-state index contributed by atoms with van der Waals surface area (Å²) in [5.41, 5.74) is -1.85. The number of carbonyl (C=O) groups is 3. The molecule has 0 saturated heterocycles. The molecule has 2 amide bonds. The summed E-state index contributed by atoms with van der Waals surface area (Å²) in [7, 11) is -1.85. The number of ether oxygens (including phenoxy) is 3. The first-order valence-electron chi connectivity index (χ1n) is 13.3. The third-order valence-corrected chi connectivity index (χ3v) is 11.2. The minimum absolute atomic E-state index is 0.107. The van der Waals surface area contributed by atoms with Crippen LogP contribution in [0.15, 0.2) is 91.0 Å². The molecule has 0 aliphatic rings. The van der Waals surface area contributed by atoms with Gasteiger partial charge in [0, 0.05) is 0 Å². The van der Waals surface area contributed by atoms with Gasteiger partial charge in [-0.1, -0.05) is 91.0 Å². The number of methoxy groups -OCH3 is 1. The topological polar surface area (TPSA) is 82.1 Å². The zero-order chi connectivity index (χ0) is 29.6. The van der Waals surface area contributed by atoms with E-state index in [-0.39, 0.29) is 6.04 Å². The molecular weight excluding hydrogens is 522 g/mol. The number of benzene rings is 3.